The van der Waals surface area contributed by atoms with Crippen molar-refractivity contribution in [3.63, 3.8) is 0 Å². The predicted octanol–water partition coefficient (Wildman–Crippen LogP) is 5.12. The molecule has 4 nitrogen and oxygen atoms in total. The summed E-state index contributed by atoms with van der Waals surface area (Å²) in [6.07, 6.45) is -4.84. The minimum atomic E-state index is -4.84. The maximum Gasteiger partial charge on any atom is 0.417 e. The number of hydrogen-bond acceptors (Lipinski definition) is 3. The third-order valence-electron chi connectivity index (χ3n) is 4.00. The summed E-state index contributed by atoms with van der Waals surface area (Å²) in [4.78, 5) is 12.7. The zero-order valence-electron chi connectivity index (χ0n) is 14.0. The van der Waals surface area contributed by atoms with Gasteiger partial charge in [0.2, 0.25) is 0 Å². The molecule has 0 saturated carbocycles. The average molecular weight is 437 g/mol. The number of furan rings is 1. The Balaban J connectivity index is 2.28. The quantitative estimate of drug-likeness (QED) is 0.572. The molecular formula is C19H12BrF3N2O2. The minimum Gasteiger partial charge on any atom is -0.448 e. The van der Waals surface area contributed by atoms with Gasteiger partial charge in [-0.25, -0.2) is 0 Å². The Labute approximate surface area is 160 Å². The molecule has 0 fully saturated rings. The van der Waals surface area contributed by atoms with Gasteiger partial charge in [0.1, 0.15) is 11.6 Å². The lowest BCUT2D eigenvalue weighted by Crippen LogP contribution is -2.28. The van der Waals surface area contributed by atoms with Crippen molar-refractivity contribution >= 4 is 15.9 Å². The number of nitriles is 1. The van der Waals surface area contributed by atoms with Crippen molar-refractivity contribution in [3.05, 3.63) is 79.7 Å². The van der Waals surface area contributed by atoms with Crippen molar-refractivity contribution in [2.75, 3.05) is 0 Å². The molecule has 0 bridgehead atoms. The fraction of sp³-hybridized carbons (Fsp3) is 0.158. The number of nitrogens with zero attached hydrogens (tertiary/aromatic N) is 2. The summed E-state index contributed by atoms with van der Waals surface area (Å²) in [7, 11) is 0. The number of rotatable bonds is 3. The molecule has 0 spiro atoms. The molecule has 0 N–H and O–H groups in total. The van der Waals surface area contributed by atoms with Gasteiger partial charge >= 0.3 is 6.18 Å². The summed E-state index contributed by atoms with van der Waals surface area (Å²) in [6, 6.07) is 12.4. The first-order chi connectivity index (χ1) is 12.7. The fourth-order valence-corrected chi connectivity index (χ4v) is 2.97. The lowest BCUT2D eigenvalue weighted by atomic mass is 10.1. The molecule has 0 radical (unpaired) electrons. The third-order valence-corrected chi connectivity index (χ3v) is 4.43. The van der Waals surface area contributed by atoms with Gasteiger partial charge in [0.15, 0.2) is 10.4 Å². The zero-order valence-corrected chi connectivity index (χ0v) is 15.6. The average Bonchev–Trinajstić information content (AvgIpc) is 3.03. The van der Waals surface area contributed by atoms with Gasteiger partial charge < -0.3 is 4.42 Å². The molecule has 2 heterocycles. The number of aryl methyl sites for hydroxylation is 1. The second kappa shape index (κ2) is 7.08. The molecule has 3 aromatic rings. The number of pyridine rings is 1. The van der Waals surface area contributed by atoms with Gasteiger partial charge in [-0.15, -0.1) is 0 Å². The Bertz CT molecular complexity index is 1090. The van der Waals surface area contributed by atoms with Gasteiger partial charge in [-0.2, -0.15) is 18.4 Å². The van der Waals surface area contributed by atoms with Gasteiger partial charge in [-0.05, 0) is 46.6 Å². The Morgan fingerprint density at radius 2 is 1.85 bits per heavy atom. The molecule has 2 aromatic heterocycles. The fourth-order valence-electron chi connectivity index (χ4n) is 2.67. The van der Waals surface area contributed by atoms with E-state index in [0.29, 0.717) is 10.2 Å². The summed E-state index contributed by atoms with van der Waals surface area (Å²) < 4.78 is 46.9. The van der Waals surface area contributed by atoms with Crippen molar-refractivity contribution in [2.45, 2.75) is 19.6 Å². The number of halogens is 4. The van der Waals surface area contributed by atoms with Crippen molar-refractivity contribution in [2.24, 2.45) is 0 Å². The van der Waals surface area contributed by atoms with Crippen LogP contribution in [0.25, 0.3) is 11.5 Å². The first-order valence-corrected chi connectivity index (χ1v) is 8.56. The molecule has 1 aromatic carbocycles. The van der Waals surface area contributed by atoms with Crippen molar-refractivity contribution in [3.8, 4) is 17.5 Å². The molecule has 0 aliphatic heterocycles. The molecule has 3 rings (SSSR count). The maximum atomic E-state index is 13.4. The summed E-state index contributed by atoms with van der Waals surface area (Å²) in [5.74, 6) is 0.0843. The van der Waals surface area contributed by atoms with Gasteiger partial charge in [-0.3, -0.25) is 9.36 Å². The third kappa shape index (κ3) is 3.83. The van der Waals surface area contributed by atoms with Crippen molar-refractivity contribution in [1.82, 2.24) is 4.57 Å². The predicted molar refractivity (Wildman–Crippen MR) is 96.1 cm³/mol. The van der Waals surface area contributed by atoms with E-state index in [2.05, 4.69) is 15.9 Å². The van der Waals surface area contributed by atoms with Crippen LogP contribution in [0.5, 0.6) is 0 Å². The number of benzene rings is 1. The van der Waals surface area contributed by atoms with Crippen molar-refractivity contribution in [1.29, 1.82) is 5.26 Å². The Kier molecular flexibility index (Phi) is 4.98. The Morgan fingerprint density at radius 3 is 2.37 bits per heavy atom. The van der Waals surface area contributed by atoms with Gasteiger partial charge in [0.25, 0.3) is 5.56 Å². The minimum absolute atomic E-state index is 0.000414. The SMILES string of the molecule is Cc1ccc(Cn2c(-c3ccc(Br)o3)cc(C(F)(F)F)c(C#N)c2=O)cc1. The lowest BCUT2D eigenvalue weighted by molar-refractivity contribution is -0.137. The summed E-state index contributed by atoms with van der Waals surface area (Å²) in [6.45, 7) is 1.90. The van der Waals surface area contributed by atoms with Crippen LogP contribution in [0.4, 0.5) is 13.2 Å². The monoisotopic (exact) mass is 436 g/mol. The van der Waals surface area contributed by atoms with E-state index in [9.17, 15) is 18.0 Å². The van der Waals surface area contributed by atoms with E-state index in [1.54, 1.807) is 12.1 Å². The van der Waals surface area contributed by atoms with Gasteiger partial charge in [0.05, 0.1) is 17.8 Å². The molecule has 8 heteroatoms. The molecule has 0 atom stereocenters. The second-order valence-electron chi connectivity index (χ2n) is 5.91. The highest BCUT2D eigenvalue weighted by Crippen LogP contribution is 2.34. The second-order valence-corrected chi connectivity index (χ2v) is 6.69. The Hall–Kier alpha value is -2.79. The molecular weight excluding hydrogens is 425 g/mol. The van der Waals surface area contributed by atoms with Crippen LogP contribution < -0.4 is 5.56 Å². The van der Waals surface area contributed by atoms with E-state index in [4.69, 9.17) is 9.68 Å². The molecule has 27 heavy (non-hydrogen) atoms. The largest absolute Gasteiger partial charge is 0.448 e. The van der Waals surface area contributed by atoms with Crippen LogP contribution in [0, 0.1) is 18.3 Å². The van der Waals surface area contributed by atoms with Gasteiger partial charge in [0, 0.05) is 0 Å². The van der Waals surface area contributed by atoms with Crippen LogP contribution in [0.2, 0.25) is 0 Å². The first-order valence-electron chi connectivity index (χ1n) is 7.77. The standard InChI is InChI=1S/C19H12BrF3N2O2/c1-11-2-4-12(5-3-11)10-25-15(16-6-7-17(20)27-16)8-14(19(21,22)23)13(9-24)18(25)26/h2-8H,10H2,1H3. The highest BCUT2D eigenvalue weighted by atomic mass is 79.9. The topological polar surface area (TPSA) is 58.9 Å². The molecule has 0 aliphatic carbocycles. The highest BCUT2D eigenvalue weighted by molar-refractivity contribution is 9.10. The smallest absolute Gasteiger partial charge is 0.417 e. The zero-order chi connectivity index (χ0) is 19.8. The summed E-state index contributed by atoms with van der Waals surface area (Å²) in [5, 5.41) is 9.16. The van der Waals surface area contributed by atoms with Crippen LogP contribution in [-0.4, -0.2) is 4.57 Å². The molecule has 0 unspecified atom stereocenters. The van der Waals surface area contributed by atoms with Gasteiger partial charge in [-0.1, -0.05) is 29.8 Å². The first kappa shape index (κ1) is 19.0. The van der Waals surface area contributed by atoms with E-state index in [1.807, 2.05) is 19.1 Å². The van der Waals surface area contributed by atoms with E-state index in [1.165, 1.54) is 18.2 Å². The van der Waals surface area contributed by atoms with Crippen LogP contribution in [-0.2, 0) is 12.7 Å². The summed E-state index contributed by atoms with van der Waals surface area (Å²) >= 11 is 3.10. The number of hydrogen-bond donors (Lipinski definition) is 0. The normalized spacial score (nSPS) is 11.4. The number of alkyl halides is 3. The molecule has 138 valence electrons. The summed E-state index contributed by atoms with van der Waals surface area (Å²) in [5.41, 5.74) is -1.58. The molecule has 0 amide bonds. The van der Waals surface area contributed by atoms with E-state index in [0.717, 1.165) is 16.2 Å². The van der Waals surface area contributed by atoms with Crippen LogP contribution >= 0.6 is 15.9 Å². The van der Waals surface area contributed by atoms with E-state index in [-0.39, 0.29) is 18.0 Å². The van der Waals surface area contributed by atoms with E-state index < -0.39 is 22.9 Å². The Morgan fingerprint density at radius 1 is 1.19 bits per heavy atom. The van der Waals surface area contributed by atoms with Crippen LogP contribution in [0.1, 0.15) is 22.3 Å². The maximum absolute atomic E-state index is 13.4. The van der Waals surface area contributed by atoms with Crippen molar-refractivity contribution < 1.29 is 17.6 Å². The highest BCUT2D eigenvalue weighted by Gasteiger charge is 2.36. The van der Waals surface area contributed by atoms with Crippen LogP contribution in [0.3, 0.4) is 0 Å². The molecule has 0 aliphatic rings. The van der Waals surface area contributed by atoms with Crippen LogP contribution in [0.15, 0.2) is 56.3 Å². The van der Waals surface area contributed by atoms with E-state index >= 15 is 0 Å². The number of aromatic nitrogens is 1. The molecule has 0 saturated heterocycles. The lowest BCUT2D eigenvalue weighted by Gasteiger charge is -2.16.